The lowest BCUT2D eigenvalue weighted by molar-refractivity contribution is -0.384. The lowest BCUT2D eigenvalue weighted by Crippen LogP contribution is -2.00. The van der Waals surface area contributed by atoms with Crippen LogP contribution in [0.2, 0.25) is 5.02 Å². The first-order chi connectivity index (χ1) is 14.5. The third-order valence-electron chi connectivity index (χ3n) is 4.19. The lowest BCUT2D eigenvalue weighted by Gasteiger charge is -2.00. The molecule has 1 aliphatic rings. The lowest BCUT2D eigenvalue weighted by atomic mass is 10.1. The van der Waals surface area contributed by atoms with Gasteiger partial charge in [0, 0.05) is 29.8 Å². The molecular weight excluding hydrogens is 408 g/mol. The van der Waals surface area contributed by atoms with Crippen LogP contribution in [0.5, 0.6) is 0 Å². The van der Waals surface area contributed by atoms with Gasteiger partial charge >= 0.3 is 5.97 Å². The number of rotatable bonds is 5. The zero-order valence-electron chi connectivity index (χ0n) is 15.3. The van der Waals surface area contributed by atoms with Crippen molar-refractivity contribution >= 4 is 41.3 Å². The SMILES string of the molecule is O=C1OC(/C=C/c2ccccc2)=NC/1=C\c1ccc(-c2cc([N+](=O)[O-])ccc2Cl)o1. The van der Waals surface area contributed by atoms with E-state index in [1.807, 2.05) is 30.3 Å². The number of hydrogen-bond acceptors (Lipinski definition) is 6. The van der Waals surface area contributed by atoms with Crippen LogP contribution in [-0.4, -0.2) is 16.8 Å². The van der Waals surface area contributed by atoms with Crippen molar-refractivity contribution in [3.05, 3.63) is 98.9 Å². The van der Waals surface area contributed by atoms with Gasteiger partial charge in [0.05, 0.1) is 9.95 Å². The van der Waals surface area contributed by atoms with Crippen molar-refractivity contribution in [2.45, 2.75) is 0 Å². The molecule has 0 spiro atoms. The van der Waals surface area contributed by atoms with Gasteiger partial charge in [-0.25, -0.2) is 9.79 Å². The number of benzene rings is 2. The molecule has 2 aromatic carbocycles. The first kappa shape index (κ1) is 19.4. The van der Waals surface area contributed by atoms with Gasteiger partial charge in [-0.1, -0.05) is 41.9 Å². The van der Waals surface area contributed by atoms with Crippen molar-refractivity contribution in [3.8, 4) is 11.3 Å². The molecule has 0 fully saturated rings. The summed E-state index contributed by atoms with van der Waals surface area (Å²) in [7, 11) is 0. The topological polar surface area (TPSA) is 94.9 Å². The van der Waals surface area contributed by atoms with Crippen molar-refractivity contribution in [2.24, 2.45) is 4.99 Å². The Kier molecular flexibility index (Phi) is 5.28. The highest BCUT2D eigenvalue weighted by Gasteiger charge is 2.22. The summed E-state index contributed by atoms with van der Waals surface area (Å²) in [6.45, 7) is 0. The number of nitro benzene ring substituents is 1. The number of cyclic esters (lactones) is 1. The average Bonchev–Trinajstić information content (AvgIpc) is 3.34. The number of nitrogens with zero attached hydrogens (tertiary/aromatic N) is 2. The Morgan fingerprint density at radius 3 is 2.60 bits per heavy atom. The standard InChI is InChI=1S/C22H13ClN2O5/c23-18-9-7-15(25(27)28)12-17(18)20-10-8-16(29-20)13-19-22(26)30-21(24-19)11-6-14-4-2-1-3-5-14/h1-13H/b11-6+,19-13-. The van der Waals surface area contributed by atoms with E-state index < -0.39 is 10.9 Å². The summed E-state index contributed by atoms with van der Waals surface area (Å²) in [6, 6.07) is 16.8. The Morgan fingerprint density at radius 1 is 1.03 bits per heavy atom. The van der Waals surface area contributed by atoms with E-state index in [1.54, 1.807) is 24.3 Å². The van der Waals surface area contributed by atoms with Gasteiger partial charge in [-0.2, -0.15) is 0 Å². The highest BCUT2D eigenvalue weighted by atomic mass is 35.5. The number of esters is 1. The Labute approximate surface area is 175 Å². The van der Waals surface area contributed by atoms with Gasteiger partial charge < -0.3 is 9.15 Å². The minimum absolute atomic E-state index is 0.0775. The first-order valence-electron chi connectivity index (χ1n) is 8.79. The van der Waals surface area contributed by atoms with Crippen LogP contribution in [0.25, 0.3) is 23.5 Å². The number of aliphatic imine (C=N–C) groups is 1. The molecule has 30 heavy (non-hydrogen) atoms. The van der Waals surface area contributed by atoms with Crippen LogP contribution >= 0.6 is 11.6 Å². The minimum atomic E-state index is -0.603. The van der Waals surface area contributed by atoms with Gasteiger partial charge in [-0.05, 0) is 29.8 Å². The summed E-state index contributed by atoms with van der Waals surface area (Å²) in [5.74, 6) is 0.226. The van der Waals surface area contributed by atoms with Crippen molar-refractivity contribution < 1.29 is 18.9 Å². The summed E-state index contributed by atoms with van der Waals surface area (Å²) in [6.07, 6.45) is 4.81. The van der Waals surface area contributed by atoms with E-state index in [4.69, 9.17) is 20.8 Å². The third-order valence-corrected chi connectivity index (χ3v) is 4.52. The Morgan fingerprint density at radius 2 is 1.83 bits per heavy atom. The van der Waals surface area contributed by atoms with E-state index in [1.165, 1.54) is 24.3 Å². The molecule has 2 heterocycles. The van der Waals surface area contributed by atoms with Crippen LogP contribution in [0.3, 0.4) is 0 Å². The van der Waals surface area contributed by atoms with Crippen LogP contribution in [0, 0.1) is 10.1 Å². The maximum absolute atomic E-state index is 12.1. The van der Waals surface area contributed by atoms with Gasteiger partial charge in [0.15, 0.2) is 5.70 Å². The molecule has 1 aromatic heterocycles. The van der Waals surface area contributed by atoms with E-state index in [0.717, 1.165) is 5.56 Å². The summed E-state index contributed by atoms with van der Waals surface area (Å²) < 4.78 is 10.8. The molecule has 0 atom stereocenters. The monoisotopic (exact) mass is 420 g/mol. The maximum atomic E-state index is 12.1. The molecule has 0 saturated heterocycles. The molecule has 0 radical (unpaired) electrons. The molecule has 0 saturated carbocycles. The fourth-order valence-corrected chi connectivity index (χ4v) is 2.96. The molecule has 0 bridgehead atoms. The van der Waals surface area contributed by atoms with Crippen molar-refractivity contribution in [3.63, 3.8) is 0 Å². The van der Waals surface area contributed by atoms with E-state index in [-0.39, 0.29) is 17.3 Å². The fraction of sp³-hybridized carbons (Fsp3) is 0. The second-order valence-corrected chi connectivity index (χ2v) is 6.64. The van der Waals surface area contributed by atoms with Crippen molar-refractivity contribution in [1.29, 1.82) is 0 Å². The number of halogens is 1. The smallest absolute Gasteiger partial charge is 0.363 e. The van der Waals surface area contributed by atoms with Crippen molar-refractivity contribution in [1.82, 2.24) is 0 Å². The van der Waals surface area contributed by atoms with Gasteiger partial charge in [0.25, 0.3) is 5.69 Å². The van der Waals surface area contributed by atoms with Crippen LogP contribution in [0.4, 0.5) is 5.69 Å². The molecule has 0 aliphatic carbocycles. The van der Waals surface area contributed by atoms with Gasteiger partial charge in [-0.15, -0.1) is 0 Å². The fourth-order valence-electron chi connectivity index (χ4n) is 2.75. The predicted octanol–water partition coefficient (Wildman–Crippen LogP) is 5.52. The van der Waals surface area contributed by atoms with E-state index >= 15 is 0 Å². The minimum Gasteiger partial charge on any atom is -0.457 e. The summed E-state index contributed by atoms with van der Waals surface area (Å²) in [5, 5.41) is 11.3. The average molecular weight is 421 g/mol. The largest absolute Gasteiger partial charge is 0.457 e. The predicted molar refractivity (Wildman–Crippen MR) is 113 cm³/mol. The van der Waals surface area contributed by atoms with E-state index in [2.05, 4.69) is 4.99 Å². The molecular formula is C22H13ClN2O5. The number of furan rings is 1. The summed E-state index contributed by atoms with van der Waals surface area (Å²) in [4.78, 5) is 26.7. The van der Waals surface area contributed by atoms with E-state index in [0.29, 0.717) is 22.1 Å². The summed E-state index contributed by atoms with van der Waals surface area (Å²) >= 11 is 6.14. The number of hydrogen-bond donors (Lipinski definition) is 0. The molecule has 0 amide bonds. The Hall–Kier alpha value is -3.97. The molecule has 148 valence electrons. The van der Waals surface area contributed by atoms with Crippen LogP contribution in [-0.2, 0) is 9.53 Å². The highest BCUT2D eigenvalue weighted by molar-refractivity contribution is 6.33. The third kappa shape index (κ3) is 4.21. The highest BCUT2D eigenvalue weighted by Crippen LogP contribution is 2.33. The quantitative estimate of drug-likeness (QED) is 0.234. The maximum Gasteiger partial charge on any atom is 0.363 e. The Bertz CT molecular complexity index is 1230. The van der Waals surface area contributed by atoms with Crippen LogP contribution in [0.15, 0.2) is 81.8 Å². The number of nitro groups is 1. The second kappa shape index (κ2) is 8.18. The van der Waals surface area contributed by atoms with E-state index in [9.17, 15) is 14.9 Å². The zero-order valence-corrected chi connectivity index (χ0v) is 16.1. The Balaban J connectivity index is 1.57. The normalized spacial score (nSPS) is 14.9. The van der Waals surface area contributed by atoms with Crippen LogP contribution in [0.1, 0.15) is 11.3 Å². The van der Waals surface area contributed by atoms with Crippen molar-refractivity contribution in [2.75, 3.05) is 0 Å². The molecule has 7 nitrogen and oxygen atoms in total. The molecule has 0 N–H and O–H groups in total. The van der Waals surface area contributed by atoms with Gasteiger partial charge in [0.1, 0.15) is 11.5 Å². The number of ether oxygens (including phenoxy) is 1. The zero-order chi connectivity index (χ0) is 21.1. The molecule has 8 heteroatoms. The molecule has 0 unspecified atom stereocenters. The first-order valence-corrected chi connectivity index (χ1v) is 9.17. The second-order valence-electron chi connectivity index (χ2n) is 6.24. The number of non-ortho nitro benzene ring substituents is 1. The molecule has 4 rings (SSSR count). The molecule has 1 aliphatic heterocycles. The number of carbonyl (C=O) groups is 1. The summed E-state index contributed by atoms with van der Waals surface area (Å²) in [5.41, 5.74) is 1.29. The van der Waals surface area contributed by atoms with Gasteiger partial charge in [-0.3, -0.25) is 10.1 Å². The van der Waals surface area contributed by atoms with Crippen LogP contribution < -0.4 is 0 Å². The van der Waals surface area contributed by atoms with Gasteiger partial charge in [0.2, 0.25) is 5.90 Å². The molecule has 3 aromatic rings. The number of carbonyl (C=O) groups excluding carboxylic acids is 1.